The molecule has 0 spiro atoms. The Morgan fingerprint density at radius 2 is 2.29 bits per heavy atom. The number of aliphatic hydroxyl groups excluding tert-OH is 1. The molecule has 1 aromatic carbocycles. The van der Waals surface area contributed by atoms with Gasteiger partial charge in [0.15, 0.2) is 0 Å². The molecule has 1 unspecified atom stereocenters. The van der Waals surface area contributed by atoms with Gasteiger partial charge < -0.3 is 10.4 Å². The van der Waals surface area contributed by atoms with Gasteiger partial charge in [0, 0.05) is 12.6 Å². The molecule has 0 heterocycles. The van der Waals surface area contributed by atoms with Crippen molar-refractivity contribution in [3.8, 4) is 0 Å². The van der Waals surface area contributed by atoms with Gasteiger partial charge in [-0.15, -0.1) is 0 Å². The van der Waals surface area contributed by atoms with Crippen molar-refractivity contribution in [2.75, 3.05) is 6.61 Å². The number of benzene rings is 1. The molecule has 0 aliphatic carbocycles. The van der Waals surface area contributed by atoms with Crippen molar-refractivity contribution in [1.82, 2.24) is 5.32 Å². The highest BCUT2D eigenvalue weighted by Crippen LogP contribution is 2.18. The lowest BCUT2D eigenvalue weighted by atomic mass is 10.1. The molecule has 3 nitrogen and oxygen atoms in total. The van der Waals surface area contributed by atoms with E-state index in [0.29, 0.717) is 12.8 Å². The van der Waals surface area contributed by atoms with E-state index < -0.39 is 11.7 Å². The average Bonchev–Trinajstić information content (AvgIpc) is 2.31. The van der Waals surface area contributed by atoms with Gasteiger partial charge >= 0.3 is 0 Å². The Hall–Kier alpha value is -0.940. The van der Waals surface area contributed by atoms with E-state index >= 15 is 0 Å². The maximum atomic E-state index is 13.6. The molecular formula is C12H15BrFNO2. The minimum Gasteiger partial charge on any atom is -0.396 e. The van der Waals surface area contributed by atoms with E-state index in [1.165, 1.54) is 12.1 Å². The van der Waals surface area contributed by atoms with Crippen LogP contribution in [0.2, 0.25) is 0 Å². The molecule has 1 atom stereocenters. The zero-order valence-electron chi connectivity index (χ0n) is 9.54. The lowest BCUT2D eigenvalue weighted by Crippen LogP contribution is -2.35. The first-order valence-electron chi connectivity index (χ1n) is 5.45. The third kappa shape index (κ3) is 3.78. The SMILES string of the molecule is CCC(CCO)NC(=O)c1cccc(Br)c1F. The molecule has 0 bridgehead atoms. The first-order chi connectivity index (χ1) is 8.10. The highest BCUT2D eigenvalue weighted by molar-refractivity contribution is 9.10. The molecule has 1 rings (SSSR count). The highest BCUT2D eigenvalue weighted by atomic mass is 79.9. The summed E-state index contributed by atoms with van der Waals surface area (Å²) in [5.74, 6) is -1.02. The first kappa shape index (κ1) is 14.1. The zero-order chi connectivity index (χ0) is 12.8. The van der Waals surface area contributed by atoms with Crippen LogP contribution in [0.15, 0.2) is 22.7 Å². The average molecular weight is 304 g/mol. The fourth-order valence-electron chi connectivity index (χ4n) is 1.48. The summed E-state index contributed by atoms with van der Waals surface area (Å²) in [5, 5.41) is 11.5. The molecule has 1 aromatic rings. The Labute approximate surface area is 108 Å². The molecule has 94 valence electrons. The van der Waals surface area contributed by atoms with Crippen LogP contribution in [0, 0.1) is 5.82 Å². The van der Waals surface area contributed by atoms with Gasteiger partial charge in [-0.2, -0.15) is 0 Å². The molecule has 0 saturated heterocycles. The largest absolute Gasteiger partial charge is 0.396 e. The van der Waals surface area contributed by atoms with E-state index in [1.54, 1.807) is 6.07 Å². The number of carbonyl (C=O) groups excluding carboxylic acids is 1. The molecule has 0 fully saturated rings. The van der Waals surface area contributed by atoms with E-state index in [9.17, 15) is 9.18 Å². The number of halogens is 2. The summed E-state index contributed by atoms with van der Waals surface area (Å²) in [4.78, 5) is 11.8. The minimum absolute atomic E-state index is 0.000245. The predicted molar refractivity (Wildman–Crippen MR) is 67.3 cm³/mol. The van der Waals surface area contributed by atoms with Crippen molar-refractivity contribution in [1.29, 1.82) is 0 Å². The third-order valence-electron chi connectivity index (χ3n) is 2.50. The summed E-state index contributed by atoms with van der Waals surface area (Å²) in [6.45, 7) is 1.90. The number of hydrogen-bond acceptors (Lipinski definition) is 2. The maximum absolute atomic E-state index is 13.6. The molecule has 0 aromatic heterocycles. The highest BCUT2D eigenvalue weighted by Gasteiger charge is 2.16. The molecule has 1 amide bonds. The number of amides is 1. The molecule has 0 radical (unpaired) electrons. The van der Waals surface area contributed by atoms with Crippen LogP contribution in [0.1, 0.15) is 30.1 Å². The van der Waals surface area contributed by atoms with Gasteiger partial charge in [-0.25, -0.2) is 4.39 Å². The van der Waals surface area contributed by atoms with E-state index in [1.807, 2.05) is 6.92 Å². The van der Waals surface area contributed by atoms with Gasteiger partial charge in [0.1, 0.15) is 5.82 Å². The van der Waals surface area contributed by atoms with Gasteiger partial charge in [0.25, 0.3) is 5.91 Å². The second-order valence-electron chi connectivity index (χ2n) is 3.69. The van der Waals surface area contributed by atoms with Gasteiger partial charge in [0.05, 0.1) is 10.0 Å². The van der Waals surface area contributed by atoms with Crippen molar-refractivity contribution in [2.24, 2.45) is 0 Å². The maximum Gasteiger partial charge on any atom is 0.254 e. The summed E-state index contributed by atoms with van der Waals surface area (Å²) in [6.07, 6.45) is 1.17. The number of rotatable bonds is 5. The van der Waals surface area contributed by atoms with E-state index in [0.717, 1.165) is 0 Å². The quantitative estimate of drug-likeness (QED) is 0.878. The Kier molecular flexibility index (Phi) is 5.58. The molecule has 0 aliphatic rings. The molecule has 2 N–H and O–H groups in total. The second kappa shape index (κ2) is 6.71. The predicted octanol–water partition coefficient (Wildman–Crippen LogP) is 2.48. The summed E-state index contributed by atoms with van der Waals surface area (Å²) < 4.78 is 13.9. The minimum atomic E-state index is -0.566. The van der Waals surface area contributed by atoms with Crippen LogP contribution in [-0.2, 0) is 0 Å². The fraction of sp³-hybridized carbons (Fsp3) is 0.417. The van der Waals surface area contributed by atoms with Crippen LogP contribution in [0.25, 0.3) is 0 Å². The summed E-state index contributed by atoms with van der Waals surface area (Å²) in [7, 11) is 0. The Bertz CT molecular complexity index is 398. The Morgan fingerprint density at radius 1 is 1.59 bits per heavy atom. The fourth-order valence-corrected chi connectivity index (χ4v) is 1.84. The smallest absolute Gasteiger partial charge is 0.254 e. The van der Waals surface area contributed by atoms with Gasteiger partial charge in [-0.3, -0.25) is 4.79 Å². The van der Waals surface area contributed by atoms with Crippen molar-refractivity contribution >= 4 is 21.8 Å². The van der Waals surface area contributed by atoms with E-state index in [-0.39, 0.29) is 22.7 Å². The Morgan fingerprint density at radius 3 is 2.88 bits per heavy atom. The monoisotopic (exact) mass is 303 g/mol. The Balaban J connectivity index is 2.79. The number of hydrogen-bond donors (Lipinski definition) is 2. The molecular weight excluding hydrogens is 289 g/mol. The second-order valence-corrected chi connectivity index (χ2v) is 4.55. The van der Waals surface area contributed by atoms with Crippen LogP contribution in [0.3, 0.4) is 0 Å². The van der Waals surface area contributed by atoms with Gasteiger partial charge in [0.2, 0.25) is 0 Å². The van der Waals surface area contributed by atoms with Crippen LogP contribution in [0.4, 0.5) is 4.39 Å². The lowest BCUT2D eigenvalue weighted by Gasteiger charge is -2.16. The first-order valence-corrected chi connectivity index (χ1v) is 6.25. The van der Waals surface area contributed by atoms with Crippen LogP contribution >= 0.6 is 15.9 Å². The number of nitrogens with one attached hydrogen (secondary N) is 1. The molecule has 0 saturated carbocycles. The number of aliphatic hydroxyl groups is 1. The van der Waals surface area contributed by atoms with Crippen molar-refractivity contribution in [2.45, 2.75) is 25.8 Å². The van der Waals surface area contributed by atoms with E-state index in [4.69, 9.17) is 5.11 Å². The number of carbonyl (C=O) groups is 1. The van der Waals surface area contributed by atoms with Gasteiger partial charge in [-0.1, -0.05) is 13.0 Å². The van der Waals surface area contributed by atoms with Crippen molar-refractivity contribution in [3.63, 3.8) is 0 Å². The summed E-state index contributed by atoms with van der Waals surface area (Å²) in [6, 6.07) is 4.44. The third-order valence-corrected chi connectivity index (χ3v) is 3.11. The van der Waals surface area contributed by atoms with Crippen LogP contribution < -0.4 is 5.32 Å². The van der Waals surface area contributed by atoms with E-state index in [2.05, 4.69) is 21.2 Å². The van der Waals surface area contributed by atoms with Crippen LogP contribution in [-0.4, -0.2) is 23.7 Å². The van der Waals surface area contributed by atoms with Crippen molar-refractivity contribution in [3.05, 3.63) is 34.1 Å². The summed E-state index contributed by atoms with van der Waals surface area (Å²) in [5.41, 5.74) is 0.00997. The standard InChI is InChI=1S/C12H15BrFNO2/c1-2-8(6-7-16)15-12(17)9-4-3-5-10(13)11(9)14/h3-5,8,16H,2,6-7H2,1H3,(H,15,17). The molecule has 5 heteroatoms. The molecule has 0 aliphatic heterocycles. The normalized spacial score (nSPS) is 12.2. The van der Waals surface area contributed by atoms with Gasteiger partial charge in [-0.05, 0) is 40.9 Å². The van der Waals surface area contributed by atoms with Crippen LogP contribution in [0.5, 0.6) is 0 Å². The van der Waals surface area contributed by atoms with Crippen molar-refractivity contribution < 1.29 is 14.3 Å². The molecule has 17 heavy (non-hydrogen) atoms. The topological polar surface area (TPSA) is 49.3 Å². The lowest BCUT2D eigenvalue weighted by molar-refractivity contribution is 0.0925. The zero-order valence-corrected chi connectivity index (χ0v) is 11.1. The summed E-state index contributed by atoms with van der Waals surface area (Å²) >= 11 is 3.03.